The summed E-state index contributed by atoms with van der Waals surface area (Å²) in [5.74, 6) is 1.19. The van der Waals surface area contributed by atoms with Crippen molar-refractivity contribution in [2.45, 2.75) is 4.90 Å². The van der Waals surface area contributed by atoms with E-state index in [1.54, 1.807) is 12.1 Å². The summed E-state index contributed by atoms with van der Waals surface area (Å²) in [4.78, 5) is 11.7. The second kappa shape index (κ2) is 8.43. The lowest BCUT2D eigenvalue weighted by Crippen LogP contribution is -2.37. The third-order valence-electron chi connectivity index (χ3n) is 5.51. The smallest absolute Gasteiger partial charge is 0.238 e. The summed E-state index contributed by atoms with van der Waals surface area (Å²) >= 11 is 0. The number of hydrogen-bond donors (Lipinski definition) is 2. The van der Waals surface area contributed by atoms with Crippen LogP contribution in [0, 0.1) is 0 Å². The molecule has 5 rings (SSSR count). The Labute approximate surface area is 191 Å². The topological polar surface area (TPSA) is 128 Å². The molecule has 3 N–H and O–H groups in total. The van der Waals surface area contributed by atoms with Gasteiger partial charge in [-0.25, -0.2) is 18.5 Å². The van der Waals surface area contributed by atoms with Crippen LogP contribution in [0.3, 0.4) is 0 Å². The maximum atomic E-state index is 11.5. The van der Waals surface area contributed by atoms with E-state index in [9.17, 15) is 8.42 Å². The van der Waals surface area contributed by atoms with Gasteiger partial charge in [-0.1, -0.05) is 12.1 Å². The van der Waals surface area contributed by atoms with Crippen molar-refractivity contribution < 1.29 is 13.2 Å². The predicted octanol–water partition coefficient (Wildman–Crippen LogP) is 2.26. The van der Waals surface area contributed by atoms with Crippen molar-refractivity contribution in [2.75, 3.05) is 36.5 Å². The number of morpholine rings is 1. The number of aryl methyl sites for hydroxylation is 1. The summed E-state index contributed by atoms with van der Waals surface area (Å²) in [6, 6.07) is 14.2. The molecule has 0 bridgehead atoms. The van der Waals surface area contributed by atoms with Gasteiger partial charge in [-0.05, 0) is 30.3 Å². The molecule has 0 radical (unpaired) electrons. The van der Waals surface area contributed by atoms with Crippen molar-refractivity contribution in [1.82, 2.24) is 19.7 Å². The number of nitrogens with two attached hydrogens (primary N) is 1. The van der Waals surface area contributed by atoms with Crippen LogP contribution in [0.1, 0.15) is 0 Å². The van der Waals surface area contributed by atoms with E-state index in [1.165, 1.54) is 12.1 Å². The molecule has 33 heavy (non-hydrogen) atoms. The Balaban J connectivity index is 1.54. The molecule has 4 aromatic rings. The van der Waals surface area contributed by atoms with Gasteiger partial charge in [0.1, 0.15) is 5.82 Å². The number of primary sulfonamides is 1. The van der Waals surface area contributed by atoms with Gasteiger partial charge in [0, 0.05) is 42.8 Å². The minimum atomic E-state index is -3.75. The molecule has 0 amide bonds. The lowest BCUT2D eigenvalue weighted by molar-refractivity contribution is 0.122. The SMILES string of the molecule is Cn1ncc2ccc(-c3cc(Nc4ccc(S(N)(=O)=O)cc4)nc(N4CCOCC4)n3)cc21. The number of ether oxygens (including phenoxy) is 1. The first-order valence-corrected chi connectivity index (χ1v) is 12.0. The van der Waals surface area contributed by atoms with E-state index in [4.69, 9.17) is 19.8 Å². The fourth-order valence-electron chi connectivity index (χ4n) is 3.73. The van der Waals surface area contributed by atoms with Gasteiger partial charge in [0.2, 0.25) is 16.0 Å². The van der Waals surface area contributed by atoms with Gasteiger partial charge in [0.15, 0.2) is 0 Å². The summed E-state index contributed by atoms with van der Waals surface area (Å²) < 4.78 is 30.4. The molecule has 1 fully saturated rings. The van der Waals surface area contributed by atoms with E-state index in [-0.39, 0.29) is 4.90 Å². The minimum Gasteiger partial charge on any atom is -0.378 e. The number of aromatic nitrogens is 4. The normalized spacial score (nSPS) is 14.5. The van der Waals surface area contributed by atoms with Crippen LogP contribution in [-0.4, -0.2) is 54.5 Å². The Kier molecular flexibility index (Phi) is 5.44. The van der Waals surface area contributed by atoms with Crippen LogP contribution < -0.4 is 15.4 Å². The molecule has 0 unspecified atom stereocenters. The van der Waals surface area contributed by atoms with Crippen molar-refractivity contribution >= 4 is 38.4 Å². The summed E-state index contributed by atoms with van der Waals surface area (Å²) in [5.41, 5.74) is 3.39. The van der Waals surface area contributed by atoms with Crippen molar-refractivity contribution in [3.05, 3.63) is 54.7 Å². The number of rotatable bonds is 5. The Morgan fingerprint density at radius 2 is 1.79 bits per heavy atom. The number of benzene rings is 2. The molecule has 1 aliphatic rings. The Hall–Kier alpha value is -3.54. The fourth-order valence-corrected chi connectivity index (χ4v) is 4.25. The van der Waals surface area contributed by atoms with Crippen LogP contribution in [0.4, 0.5) is 17.5 Å². The van der Waals surface area contributed by atoms with Crippen molar-refractivity contribution in [1.29, 1.82) is 0 Å². The highest BCUT2D eigenvalue weighted by molar-refractivity contribution is 7.89. The second-order valence-corrected chi connectivity index (χ2v) is 9.34. The van der Waals surface area contributed by atoms with Gasteiger partial charge in [-0.2, -0.15) is 10.1 Å². The molecule has 1 aliphatic heterocycles. The van der Waals surface area contributed by atoms with Crippen LogP contribution in [0.2, 0.25) is 0 Å². The molecule has 2 aromatic heterocycles. The lowest BCUT2D eigenvalue weighted by atomic mass is 10.1. The molecule has 1 saturated heterocycles. The number of fused-ring (bicyclic) bond motifs is 1. The number of anilines is 3. The molecular weight excluding hydrogens is 442 g/mol. The summed E-state index contributed by atoms with van der Waals surface area (Å²) in [7, 11) is -1.85. The molecule has 0 aliphatic carbocycles. The highest BCUT2D eigenvalue weighted by Gasteiger charge is 2.17. The van der Waals surface area contributed by atoms with E-state index >= 15 is 0 Å². The number of sulfonamides is 1. The van der Waals surface area contributed by atoms with Crippen LogP contribution in [0.15, 0.2) is 59.6 Å². The summed E-state index contributed by atoms with van der Waals surface area (Å²) in [6.07, 6.45) is 1.83. The average molecular weight is 466 g/mol. The average Bonchev–Trinajstić information content (AvgIpc) is 3.19. The molecule has 0 spiro atoms. The van der Waals surface area contributed by atoms with Crippen molar-refractivity contribution in [2.24, 2.45) is 12.2 Å². The Morgan fingerprint density at radius 1 is 1.03 bits per heavy atom. The highest BCUT2D eigenvalue weighted by Crippen LogP contribution is 2.28. The number of nitrogens with one attached hydrogen (secondary N) is 1. The molecule has 3 heterocycles. The van der Waals surface area contributed by atoms with Gasteiger partial charge in [-0.15, -0.1) is 0 Å². The first kappa shape index (κ1) is 21.3. The second-order valence-electron chi connectivity index (χ2n) is 7.77. The third-order valence-corrected chi connectivity index (χ3v) is 6.44. The first-order chi connectivity index (χ1) is 15.9. The van der Waals surface area contributed by atoms with E-state index in [0.717, 1.165) is 22.2 Å². The number of hydrogen-bond acceptors (Lipinski definition) is 8. The van der Waals surface area contributed by atoms with E-state index in [0.29, 0.717) is 43.8 Å². The zero-order valence-electron chi connectivity index (χ0n) is 18.0. The zero-order valence-corrected chi connectivity index (χ0v) is 18.8. The van der Waals surface area contributed by atoms with Gasteiger partial charge >= 0.3 is 0 Å². The van der Waals surface area contributed by atoms with Crippen LogP contribution in [0.5, 0.6) is 0 Å². The summed E-state index contributed by atoms with van der Waals surface area (Å²) in [6.45, 7) is 2.64. The molecule has 2 aromatic carbocycles. The highest BCUT2D eigenvalue weighted by atomic mass is 32.2. The maximum absolute atomic E-state index is 11.5. The predicted molar refractivity (Wildman–Crippen MR) is 126 cm³/mol. The molecule has 170 valence electrons. The van der Waals surface area contributed by atoms with Crippen LogP contribution >= 0.6 is 0 Å². The fraction of sp³-hybridized carbons (Fsp3) is 0.227. The minimum absolute atomic E-state index is 0.0508. The maximum Gasteiger partial charge on any atom is 0.238 e. The Bertz CT molecular complexity index is 1410. The lowest BCUT2D eigenvalue weighted by Gasteiger charge is -2.27. The third kappa shape index (κ3) is 4.51. The largest absolute Gasteiger partial charge is 0.378 e. The molecule has 11 heteroatoms. The zero-order chi connectivity index (χ0) is 23.0. The van der Waals surface area contributed by atoms with Gasteiger partial charge in [0.05, 0.1) is 35.5 Å². The van der Waals surface area contributed by atoms with E-state index in [2.05, 4.69) is 21.4 Å². The van der Waals surface area contributed by atoms with Crippen LogP contribution in [0.25, 0.3) is 22.2 Å². The first-order valence-electron chi connectivity index (χ1n) is 10.4. The molecule has 0 saturated carbocycles. The van der Waals surface area contributed by atoms with Crippen molar-refractivity contribution in [3.8, 4) is 11.3 Å². The monoisotopic (exact) mass is 465 g/mol. The van der Waals surface area contributed by atoms with E-state index < -0.39 is 10.0 Å². The quantitative estimate of drug-likeness (QED) is 0.459. The molecule has 0 atom stereocenters. The van der Waals surface area contributed by atoms with E-state index in [1.807, 2.05) is 36.1 Å². The number of nitrogens with zero attached hydrogens (tertiary/aromatic N) is 5. The van der Waals surface area contributed by atoms with Crippen LogP contribution in [-0.2, 0) is 21.8 Å². The molecular formula is C22H23N7O3S. The van der Waals surface area contributed by atoms with Crippen molar-refractivity contribution in [3.63, 3.8) is 0 Å². The van der Waals surface area contributed by atoms with Gasteiger partial charge in [0.25, 0.3) is 0 Å². The Morgan fingerprint density at radius 3 is 2.52 bits per heavy atom. The van der Waals surface area contributed by atoms with Gasteiger partial charge < -0.3 is 15.0 Å². The standard InChI is InChI=1S/C22H23N7O3S/c1-28-20-12-15(2-3-16(20)14-24-28)19-13-21(27-22(26-19)29-8-10-32-11-9-29)25-17-4-6-18(7-5-17)33(23,30)31/h2-7,12-14H,8-11H2,1H3,(H2,23,30,31)(H,25,26,27). The summed E-state index contributed by atoms with van der Waals surface area (Å²) in [5, 5.41) is 13.8. The molecule has 10 nitrogen and oxygen atoms in total. The van der Waals surface area contributed by atoms with Gasteiger partial charge in [-0.3, -0.25) is 4.68 Å².